The molecule has 1 heterocycles. The van der Waals surface area contributed by atoms with Crippen molar-refractivity contribution < 1.29 is 9.15 Å². The van der Waals surface area contributed by atoms with Gasteiger partial charge in [-0.3, -0.25) is 0 Å². The number of methoxy groups -OCH3 is 1. The van der Waals surface area contributed by atoms with Gasteiger partial charge in [0.15, 0.2) is 0 Å². The number of anilines is 1. The quantitative estimate of drug-likeness (QED) is 0.629. The minimum Gasteiger partial charge on any atom is -0.496 e. The van der Waals surface area contributed by atoms with Crippen molar-refractivity contribution in [2.75, 3.05) is 26.1 Å². The van der Waals surface area contributed by atoms with Crippen molar-refractivity contribution in [2.24, 2.45) is 0 Å². The smallest absolute Gasteiger partial charge is 0.277 e. The Kier molecular flexibility index (Phi) is 5.05. The van der Waals surface area contributed by atoms with E-state index in [1.807, 2.05) is 38.4 Å². The molecule has 0 atom stereocenters. The fourth-order valence-corrected chi connectivity index (χ4v) is 2.97. The van der Waals surface area contributed by atoms with Crippen molar-refractivity contribution in [3.63, 3.8) is 0 Å². The summed E-state index contributed by atoms with van der Waals surface area (Å²) in [6.45, 7) is 0. The molecular weight excluding hydrogens is 322 g/mol. The standard InChI is InChI=1S/C18H19N3O2S/c1-21(2)14-8-6-7-13(11-14)12-24-18-20-19-17(23-18)15-9-4-5-10-16(15)22-3/h4-11H,12H2,1-3H3. The van der Waals surface area contributed by atoms with E-state index in [4.69, 9.17) is 9.15 Å². The molecule has 0 N–H and O–H groups in total. The van der Waals surface area contributed by atoms with Crippen molar-refractivity contribution in [3.8, 4) is 17.2 Å². The molecule has 5 nitrogen and oxygen atoms in total. The molecular formula is C18H19N3O2S. The molecule has 124 valence electrons. The Hall–Kier alpha value is -2.47. The third-order valence-corrected chi connectivity index (χ3v) is 4.42. The summed E-state index contributed by atoms with van der Waals surface area (Å²) < 4.78 is 11.1. The Bertz CT molecular complexity index is 817. The average molecular weight is 341 g/mol. The van der Waals surface area contributed by atoms with E-state index in [-0.39, 0.29) is 0 Å². The molecule has 24 heavy (non-hydrogen) atoms. The fraction of sp³-hybridized carbons (Fsp3) is 0.222. The SMILES string of the molecule is COc1ccccc1-c1nnc(SCc2cccc(N(C)C)c2)o1. The molecule has 0 radical (unpaired) electrons. The van der Waals surface area contributed by atoms with Crippen LogP contribution in [0.3, 0.4) is 0 Å². The molecule has 3 aromatic rings. The first-order chi connectivity index (χ1) is 11.7. The van der Waals surface area contributed by atoms with Gasteiger partial charge in [-0.05, 0) is 29.8 Å². The van der Waals surface area contributed by atoms with Crippen molar-refractivity contribution >= 4 is 17.4 Å². The predicted octanol–water partition coefficient (Wildman–Crippen LogP) is 4.10. The predicted molar refractivity (Wildman–Crippen MR) is 96.6 cm³/mol. The summed E-state index contributed by atoms with van der Waals surface area (Å²) in [6, 6.07) is 16.0. The summed E-state index contributed by atoms with van der Waals surface area (Å²) in [7, 11) is 5.69. The van der Waals surface area contributed by atoms with Gasteiger partial charge in [0.25, 0.3) is 11.1 Å². The van der Waals surface area contributed by atoms with Gasteiger partial charge in [-0.25, -0.2) is 0 Å². The molecule has 0 amide bonds. The Morgan fingerprint density at radius 2 is 1.92 bits per heavy atom. The molecule has 0 aliphatic heterocycles. The maximum absolute atomic E-state index is 5.76. The number of hydrogen-bond acceptors (Lipinski definition) is 6. The van der Waals surface area contributed by atoms with Crippen LogP contribution in [-0.2, 0) is 5.75 Å². The first-order valence-electron chi connectivity index (χ1n) is 7.53. The minimum absolute atomic E-state index is 0.469. The van der Waals surface area contributed by atoms with Crippen LogP contribution >= 0.6 is 11.8 Å². The Labute approximate surface area is 145 Å². The van der Waals surface area contributed by atoms with E-state index in [9.17, 15) is 0 Å². The molecule has 0 aliphatic carbocycles. The zero-order valence-electron chi connectivity index (χ0n) is 13.9. The Balaban J connectivity index is 1.72. The topological polar surface area (TPSA) is 51.4 Å². The second-order valence-corrected chi connectivity index (χ2v) is 6.35. The average Bonchev–Trinajstić information content (AvgIpc) is 3.09. The summed E-state index contributed by atoms with van der Waals surface area (Å²) in [4.78, 5) is 2.08. The summed E-state index contributed by atoms with van der Waals surface area (Å²) >= 11 is 1.52. The molecule has 0 fully saturated rings. The lowest BCUT2D eigenvalue weighted by atomic mass is 10.2. The number of para-hydroxylation sites is 1. The maximum atomic E-state index is 5.76. The zero-order chi connectivity index (χ0) is 16.9. The van der Waals surface area contributed by atoms with Crippen LogP contribution in [0.2, 0.25) is 0 Å². The number of nitrogens with zero attached hydrogens (tertiary/aromatic N) is 3. The van der Waals surface area contributed by atoms with Gasteiger partial charge in [0.1, 0.15) is 5.75 Å². The molecule has 1 aromatic heterocycles. The molecule has 0 spiro atoms. The Morgan fingerprint density at radius 1 is 1.08 bits per heavy atom. The van der Waals surface area contributed by atoms with Crippen LogP contribution in [0.25, 0.3) is 11.5 Å². The maximum Gasteiger partial charge on any atom is 0.277 e. The van der Waals surface area contributed by atoms with Gasteiger partial charge in [0.05, 0.1) is 12.7 Å². The molecule has 2 aromatic carbocycles. The summed E-state index contributed by atoms with van der Waals surface area (Å²) in [5.74, 6) is 1.96. The van der Waals surface area contributed by atoms with Crippen LogP contribution in [0.4, 0.5) is 5.69 Å². The number of ether oxygens (including phenoxy) is 1. The highest BCUT2D eigenvalue weighted by molar-refractivity contribution is 7.98. The molecule has 0 aliphatic rings. The summed E-state index contributed by atoms with van der Waals surface area (Å²) in [5.41, 5.74) is 3.19. The second kappa shape index (κ2) is 7.40. The minimum atomic E-state index is 0.469. The number of aromatic nitrogens is 2. The summed E-state index contributed by atoms with van der Waals surface area (Å²) in [5, 5.41) is 8.80. The van der Waals surface area contributed by atoms with Crippen LogP contribution in [0.1, 0.15) is 5.56 Å². The lowest BCUT2D eigenvalue weighted by Gasteiger charge is -2.13. The number of thioether (sulfide) groups is 1. The van der Waals surface area contributed by atoms with E-state index in [1.54, 1.807) is 7.11 Å². The van der Waals surface area contributed by atoms with Gasteiger partial charge in [0, 0.05) is 25.5 Å². The Morgan fingerprint density at radius 3 is 2.71 bits per heavy atom. The molecule has 3 rings (SSSR count). The normalized spacial score (nSPS) is 10.6. The first-order valence-corrected chi connectivity index (χ1v) is 8.52. The molecule has 0 saturated heterocycles. The van der Waals surface area contributed by atoms with Crippen molar-refractivity contribution in [1.29, 1.82) is 0 Å². The van der Waals surface area contributed by atoms with Gasteiger partial charge < -0.3 is 14.1 Å². The van der Waals surface area contributed by atoms with Crippen molar-refractivity contribution in [2.45, 2.75) is 11.0 Å². The highest BCUT2D eigenvalue weighted by atomic mass is 32.2. The van der Waals surface area contributed by atoms with E-state index < -0.39 is 0 Å². The first kappa shape index (κ1) is 16.4. The second-order valence-electron chi connectivity index (χ2n) is 5.43. The molecule has 0 saturated carbocycles. The van der Waals surface area contributed by atoms with E-state index in [2.05, 4.69) is 39.4 Å². The van der Waals surface area contributed by atoms with Gasteiger partial charge in [-0.2, -0.15) is 0 Å². The lowest BCUT2D eigenvalue weighted by molar-refractivity contribution is 0.411. The van der Waals surface area contributed by atoms with Crippen LogP contribution in [0.5, 0.6) is 5.75 Å². The number of benzene rings is 2. The van der Waals surface area contributed by atoms with Crippen LogP contribution < -0.4 is 9.64 Å². The summed E-state index contributed by atoms with van der Waals surface area (Å²) in [6.07, 6.45) is 0. The zero-order valence-corrected chi connectivity index (χ0v) is 14.7. The van der Waals surface area contributed by atoms with E-state index in [0.29, 0.717) is 11.1 Å². The monoisotopic (exact) mass is 341 g/mol. The number of hydrogen-bond donors (Lipinski definition) is 0. The van der Waals surface area contributed by atoms with Crippen LogP contribution in [-0.4, -0.2) is 31.4 Å². The number of rotatable bonds is 6. The lowest BCUT2D eigenvalue weighted by Crippen LogP contribution is -2.08. The van der Waals surface area contributed by atoms with Gasteiger partial charge in [-0.15, -0.1) is 10.2 Å². The van der Waals surface area contributed by atoms with Crippen molar-refractivity contribution in [3.05, 3.63) is 54.1 Å². The van der Waals surface area contributed by atoms with Crippen LogP contribution in [0, 0.1) is 0 Å². The molecule has 0 unspecified atom stereocenters. The van der Waals surface area contributed by atoms with E-state index >= 15 is 0 Å². The highest BCUT2D eigenvalue weighted by Crippen LogP contribution is 2.31. The van der Waals surface area contributed by atoms with Crippen molar-refractivity contribution in [1.82, 2.24) is 10.2 Å². The molecule has 0 bridgehead atoms. The van der Waals surface area contributed by atoms with Gasteiger partial charge >= 0.3 is 0 Å². The van der Waals surface area contributed by atoms with E-state index in [0.717, 1.165) is 17.1 Å². The third-order valence-electron chi connectivity index (χ3n) is 3.53. The van der Waals surface area contributed by atoms with Gasteiger partial charge in [0.2, 0.25) is 0 Å². The van der Waals surface area contributed by atoms with Gasteiger partial charge in [-0.1, -0.05) is 36.0 Å². The molecule has 6 heteroatoms. The van der Waals surface area contributed by atoms with E-state index in [1.165, 1.54) is 23.0 Å². The fourth-order valence-electron chi connectivity index (χ4n) is 2.27. The van der Waals surface area contributed by atoms with Crippen LogP contribution in [0.15, 0.2) is 58.2 Å². The third kappa shape index (κ3) is 3.71. The largest absolute Gasteiger partial charge is 0.496 e. The highest BCUT2D eigenvalue weighted by Gasteiger charge is 2.13.